The molecule has 1 heterocycles. The molecule has 108 valence electrons. The fourth-order valence-corrected chi connectivity index (χ4v) is 2.34. The third-order valence-electron chi connectivity index (χ3n) is 2.73. The first-order valence-electron chi connectivity index (χ1n) is 5.83. The third kappa shape index (κ3) is 3.22. The van der Waals surface area contributed by atoms with E-state index in [2.05, 4.69) is 22.6 Å². The Bertz CT molecular complexity index is 541. The van der Waals surface area contributed by atoms with Gasteiger partial charge in [-0.1, -0.05) is 12.1 Å². The van der Waals surface area contributed by atoms with Gasteiger partial charge in [0.1, 0.15) is 12.7 Å². The number of rotatable bonds is 5. The highest BCUT2D eigenvalue weighted by Gasteiger charge is 2.40. The zero-order chi connectivity index (χ0) is 14.7. The minimum absolute atomic E-state index is 0.0906. The molecule has 7 heteroatoms. The van der Waals surface area contributed by atoms with Gasteiger partial charge in [0.15, 0.2) is 11.9 Å². The predicted octanol–water partition coefficient (Wildman–Crippen LogP) is 0.856. The van der Waals surface area contributed by atoms with E-state index in [1.807, 2.05) is 24.3 Å². The second-order valence-electron chi connectivity index (χ2n) is 4.21. The fourth-order valence-electron chi connectivity index (χ4n) is 1.73. The standard InChI is InChI=1S/C13H13IO6/c14-8-3-1-2-7(4-8)6-19-12-10(17)11(9(16)5-15)20-13(12)18/h1-4,9,11,15-17H,5-6H2/t9-,11+/m0/s1/i14-2. The van der Waals surface area contributed by atoms with Gasteiger partial charge in [-0.3, -0.25) is 0 Å². The van der Waals surface area contributed by atoms with E-state index < -0.39 is 30.5 Å². The number of hydrogen-bond acceptors (Lipinski definition) is 6. The number of carbonyl (C=O) groups excluding carboxylic acids is 1. The van der Waals surface area contributed by atoms with Crippen LogP contribution in [-0.4, -0.2) is 40.1 Å². The van der Waals surface area contributed by atoms with Crippen LogP contribution < -0.4 is 0 Å². The molecular weight excluding hydrogens is 377 g/mol. The van der Waals surface area contributed by atoms with E-state index in [1.54, 1.807) is 0 Å². The van der Waals surface area contributed by atoms with Crippen LogP contribution in [0.5, 0.6) is 0 Å². The lowest BCUT2D eigenvalue weighted by molar-refractivity contribution is -0.148. The molecule has 2 atom stereocenters. The van der Waals surface area contributed by atoms with Crippen molar-refractivity contribution in [2.75, 3.05) is 6.61 Å². The van der Waals surface area contributed by atoms with Crippen LogP contribution in [0.15, 0.2) is 35.8 Å². The van der Waals surface area contributed by atoms with Gasteiger partial charge in [-0.15, -0.1) is 0 Å². The summed E-state index contributed by atoms with van der Waals surface area (Å²) in [6.07, 6.45) is -2.66. The number of aliphatic hydroxyl groups excluding tert-OH is 3. The average Bonchev–Trinajstić information content (AvgIpc) is 2.71. The van der Waals surface area contributed by atoms with Gasteiger partial charge in [0, 0.05) is 3.57 Å². The van der Waals surface area contributed by atoms with Crippen molar-refractivity contribution in [1.29, 1.82) is 0 Å². The number of cyclic esters (lactones) is 1. The van der Waals surface area contributed by atoms with E-state index in [0.29, 0.717) is 0 Å². The lowest BCUT2D eigenvalue weighted by Crippen LogP contribution is -2.31. The summed E-state index contributed by atoms with van der Waals surface area (Å²) >= 11 is 2.15. The quantitative estimate of drug-likeness (QED) is 0.510. The molecule has 0 radical (unpaired) electrons. The molecule has 2 rings (SSSR count). The first kappa shape index (κ1) is 15.1. The van der Waals surface area contributed by atoms with Gasteiger partial charge < -0.3 is 24.8 Å². The molecule has 1 aromatic rings. The molecular formula is C13H13IO6. The summed E-state index contributed by atoms with van der Waals surface area (Å²) < 4.78 is 11.0. The minimum atomic E-state index is -1.38. The molecule has 0 fully saturated rings. The van der Waals surface area contributed by atoms with Gasteiger partial charge in [0.25, 0.3) is 0 Å². The van der Waals surface area contributed by atoms with E-state index in [9.17, 15) is 15.0 Å². The van der Waals surface area contributed by atoms with Gasteiger partial charge >= 0.3 is 5.97 Å². The van der Waals surface area contributed by atoms with Gasteiger partial charge in [-0.05, 0) is 40.3 Å². The number of hydrogen-bond donors (Lipinski definition) is 3. The van der Waals surface area contributed by atoms with Crippen molar-refractivity contribution in [2.24, 2.45) is 0 Å². The Labute approximate surface area is 128 Å². The monoisotopic (exact) mass is 390 g/mol. The van der Waals surface area contributed by atoms with E-state index in [-0.39, 0.29) is 12.4 Å². The summed E-state index contributed by atoms with van der Waals surface area (Å²) in [5, 5.41) is 28.0. The number of ether oxygens (including phenoxy) is 2. The van der Waals surface area contributed by atoms with Crippen LogP contribution in [0.4, 0.5) is 0 Å². The van der Waals surface area contributed by atoms with Crippen molar-refractivity contribution in [3.63, 3.8) is 0 Å². The molecule has 0 amide bonds. The summed E-state index contributed by atoms with van der Waals surface area (Å²) in [6, 6.07) is 7.46. The SMILES string of the molecule is O=C1O[C@H]([C@@H](O)CO)C(O)=C1OCc1cccc([125I])c1. The van der Waals surface area contributed by atoms with Crippen molar-refractivity contribution < 1.29 is 29.6 Å². The summed E-state index contributed by atoms with van der Waals surface area (Å²) in [5.74, 6) is -1.69. The molecule has 6 nitrogen and oxygen atoms in total. The maximum Gasteiger partial charge on any atom is 0.378 e. The smallest absolute Gasteiger partial charge is 0.378 e. The number of aliphatic hydroxyl groups is 3. The van der Waals surface area contributed by atoms with Gasteiger partial charge in [-0.25, -0.2) is 4.79 Å². The Morgan fingerprint density at radius 3 is 2.85 bits per heavy atom. The molecule has 0 aliphatic carbocycles. The zero-order valence-electron chi connectivity index (χ0n) is 10.3. The summed E-state index contributed by atoms with van der Waals surface area (Å²) in [6.45, 7) is -0.542. The van der Waals surface area contributed by atoms with Crippen LogP contribution in [0.1, 0.15) is 5.56 Å². The van der Waals surface area contributed by atoms with Crippen LogP contribution in [-0.2, 0) is 20.9 Å². The van der Waals surface area contributed by atoms with Crippen LogP contribution >= 0.6 is 22.6 Å². The molecule has 0 aromatic heterocycles. The molecule has 3 N–H and O–H groups in total. The van der Waals surface area contributed by atoms with Crippen LogP contribution in [0, 0.1) is 3.57 Å². The summed E-state index contributed by atoms with van der Waals surface area (Å²) in [4.78, 5) is 11.5. The zero-order valence-corrected chi connectivity index (χ0v) is 12.5. The van der Waals surface area contributed by atoms with Crippen molar-refractivity contribution >= 4 is 28.6 Å². The highest BCUT2D eigenvalue weighted by atomic mass is 125. The molecule has 1 aliphatic heterocycles. The van der Waals surface area contributed by atoms with E-state index in [1.165, 1.54) is 0 Å². The lowest BCUT2D eigenvalue weighted by atomic mass is 10.2. The molecule has 0 unspecified atom stereocenters. The average molecular weight is 390 g/mol. The molecule has 0 spiro atoms. The largest absolute Gasteiger partial charge is 0.505 e. The Balaban J connectivity index is 2.08. The van der Waals surface area contributed by atoms with Gasteiger partial charge in [0.05, 0.1) is 6.61 Å². The van der Waals surface area contributed by atoms with Gasteiger partial charge in [-0.2, -0.15) is 0 Å². The van der Waals surface area contributed by atoms with Crippen LogP contribution in [0.25, 0.3) is 0 Å². The summed E-state index contributed by atoms with van der Waals surface area (Å²) in [5.41, 5.74) is 0.830. The predicted molar refractivity (Wildman–Crippen MR) is 76.6 cm³/mol. The third-order valence-corrected chi connectivity index (χ3v) is 3.40. The number of benzene rings is 1. The Morgan fingerprint density at radius 1 is 1.45 bits per heavy atom. The number of esters is 1. The van der Waals surface area contributed by atoms with E-state index in [4.69, 9.17) is 14.6 Å². The Hall–Kier alpha value is -1.32. The molecule has 20 heavy (non-hydrogen) atoms. The fraction of sp³-hybridized carbons (Fsp3) is 0.308. The molecule has 0 saturated carbocycles. The van der Waals surface area contributed by atoms with Crippen LogP contribution in [0.2, 0.25) is 0 Å². The highest BCUT2D eigenvalue weighted by Crippen LogP contribution is 2.25. The normalized spacial score (nSPS) is 19.9. The second-order valence-corrected chi connectivity index (χ2v) is 5.45. The Morgan fingerprint density at radius 2 is 2.20 bits per heavy atom. The second kappa shape index (κ2) is 6.42. The van der Waals surface area contributed by atoms with Gasteiger partial charge in [0.2, 0.25) is 5.76 Å². The first-order valence-corrected chi connectivity index (χ1v) is 6.91. The van der Waals surface area contributed by atoms with Crippen molar-refractivity contribution in [3.8, 4) is 0 Å². The van der Waals surface area contributed by atoms with Crippen LogP contribution in [0.3, 0.4) is 0 Å². The maximum atomic E-state index is 11.5. The number of carbonyl (C=O) groups is 1. The van der Waals surface area contributed by atoms with Crippen molar-refractivity contribution in [1.82, 2.24) is 0 Å². The molecule has 1 aliphatic rings. The molecule has 1 aromatic carbocycles. The first-order chi connectivity index (χ1) is 9.52. The van der Waals surface area contributed by atoms with Crippen molar-refractivity contribution in [2.45, 2.75) is 18.8 Å². The van der Waals surface area contributed by atoms with Crippen molar-refractivity contribution in [3.05, 3.63) is 44.9 Å². The minimum Gasteiger partial charge on any atom is -0.505 e. The number of halogens is 1. The summed E-state index contributed by atoms with van der Waals surface area (Å²) in [7, 11) is 0. The molecule has 0 saturated heterocycles. The maximum absolute atomic E-state index is 11.5. The Kier molecular flexibility index (Phi) is 4.84. The highest BCUT2D eigenvalue weighted by molar-refractivity contribution is 14.1. The lowest BCUT2D eigenvalue weighted by Gasteiger charge is -2.13. The molecule has 0 bridgehead atoms. The topological polar surface area (TPSA) is 96.2 Å². The van der Waals surface area contributed by atoms with E-state index in [0.717, 1.165) is 9.13 Å². The van der Waals surface area contributed by atoms with E-state index >= 15 is 0 Å².